The Hall–Kier alpha value is -1.73. The minimum Gasteiger partial charge on any atom is -0.497 e. The summed E-state index contributed by atoms with van der Waals surface area (Å²) in [6, 6.07) is 9.95. The summed E-state index contributed by atoms with van der Waals surface area (Å²) in [6.45, 7) is 1.74. The Labute approximate surface area is 138 Å². The smallest absolute Gasteiger partial charge is 0.262 e. The lowest BCUT2D eigenvalue weighted by Crippen LogP contribution is -2.14. The van der Waals surface area contributed by atoms with Gasteiger partial charge in [0.1, 0.15) is 11.5 Å². The van der Waals surface area contributed by atoms with Gasteiger partial charge in [0.15, 0.2) is 0 Å². The number of aryl methyl sites for hydroxylation is 1. The first kappa shape index (κ1) is 16.6. The van der Waals surface area contributed by atoms with Gasteiger partial charge < -0.3 is 9.47 Å². The molecular weight excluding hydrogens is 370 g/mol. The quantitative estimate of drug-likeness (QED) is 0.853. The van der Waals surface area contributed by atoms with Crippen LogP contribution in [0.2, 0.25) is 0 Å². The fraction of sp³-hybridized carbons (Fsp3) is 0.200. The highest BCUT2D eigenvalue weighted by atomic mass is 79.9. The highest BCUT2D eigenvalue weighted by Gasteiger charge is 2.18. The molecule has 5 nitrogen and oxygen atoms in total. The first-order chi connectivity index (χ1) is 10.4. The maximum Gasteiger partial charge on any atom is 0.262 e. The van der Waals surface area contributed by atoms with Crippen LogP contribution in [-0.4, -0.2) is 22.6 Å². The molecule has 0 amide bonds. The zero-order valence-electron chi connectivity index (χ0n) is 12.4. The summed E-state index contributed by atoms with van der Waals surface area (Å²) in [4.78, 5) is 0.212. The first-order valence-electron chi connectivity index (χ1n) is 6.38. The van der Waals surface area contributed by atoms with Gasteiger partial charge in [-0.3, -0.25) is 4.72 Å². The van der Waals surface area contributed by atoms with Crippen LogP contribution >= 0.6 is 15.9 Å². The van der Waals surface area contributed by atoms with Gasteiger partial charge in [-0.1, -0.05) is 22.0 Å². The Morgan fingerprint density at radius 3 is 2.14 bits per heavy atom. The van der Waals surface area contributed by atoms with Gasteiger partial charge in [0.05, 0.1) is 24.8 Å². The molecule has 0 heterocycles. The van der Waals surface area contributed by atoms with E-state index < -0.39 is 10.0 Å². The lowest BCUT2D eigenvalue weighted by atomic mass is 10.2. The molecule has 0 aromatic heterocycles. The zero-order valence-corrected chi connectivity index (χ0v) is 14.8. The lowest BCUT2D eigenvalue weighted by molar-refractivity contribution is 0.395. The van der Waals surface area contributed by atoms with Crippen LogP contribution < -0.4 is 14.2 Å². The van der Waals surface area contributed by atoms with Gasteiger partial charge in [-0.05, 0) is 24.6 Å². The minimum absolute atomic E-state index is 0.212. The number of nitrogens with one attached hydrogen (secondary N) is 1. The number of ether oxygens (including phenoxy) is 2. The lowest BCUT2D eigenvalue weighted by Gasteiger charge is -2.13. The molecule has 0 spiro atoms. The van der Waals surface area contributed by atoms with Crippen molar-refractivity contribution in [2.75, 3.05) is 18.9 Å². The number of methoxy groups -OCH3 is 2. The van der Waals surface area contributed by atoms with Crippen molar-refractivity contribution in [1.29, 1.82) is 0 Å². The molecule has 7 heteroatoms. The third kappa shape index (κ3) is 3.72. The van der Waals surface area contributed by atoms with E-state index in [4.69, 9.17) is 9.47 Å². The minimum atomic E-state index is -3.71. The van der Waals surface area contributed by atoms with Crippen LogP contribution in [0.25, 0.3) is 0 Å². The number of rotatable bonds is 5. The SMILES string of the molecule is COc1cc(NS(=O)(=O)c2cc(Br)ccc2C)cc(OC)c1. The summed E-state index contributed by atoms with van der Waals surface area (Å²) in [7, 11) is -0.697. The number of benzene rings is 2. The molecule has 0 radical (unpaired) electrons. The monoisotopic (exact) mass is 385 g/mol. The number of anilines is 1. The topological polar surface area (TPSA) is 64.6 Å². The fourth-order valence-electron chi connectivity index (χ4n) is 1.94. The molecule has 0 atom stereocenters. The summed E-state index contributed by atoms with van der Waals surface area (Å²) >= 11 is 3.29. The van der Waals surface area contributed by atoms with E-state index in [1.54, 1.807) is 43.3 Å². The molecule has 118 valence electrons. The summed E-state index contributed by atoms with van der Waals surface area (Å²) in [5.74, 6) is 1.01. The van der Waals surface area contributed by atoms with Crippen molar-refractivity contribution in [2.45, 2.75) is 11.8 Å². The Bertz CT molecular complexity index is 768. The van der Waals surface area contributed by atoms with Gasteiger partial charge >= 0.3 is 0 Å². The predicted octanol–water partition coefficient (Wildman–Crippen LogP) is 3.58. The van der Waals surface area contributed by atoms with E-state index in [1.807, 2.05) is 0 Å². The van der Waals surface area contributed by atoms with Crippen LogP contribution in [-0.2, 0) is 10.0 Å². The van der Waals surface area contributed by atoms with Gasteiger partial charge in [0, 0.05) is 22.7 Å². The Kier molecular flexibility index (Phi) is 4.97. The molecule has 0 aliphatic carbocycles. The van der Waals surface area contributed by atoms with Crippen molar-refractivity contribution in [3.05, 3.63) is 46.4 Å². The molecule has 2 aromatic rings. The second kappa shape index (κ2) is 6.58. The van der Waals surface area contributed by atoms with Crippen molar-refractivity contribution in [3.8, 4) is 11.5 Å². The Morgan fingerprint density at radius 2 is 1.59 bits per heavy atom. The van der Waals surface area contributed by atoms with Gasteiger partial charge in [-0.25, -0.2) is 8.42 Å². The highest BCUT2D eigenvalue weighted by molar-refractivity contribution is 9.10. The highest BCUT2D eigenvalue weighted by Crippen LogP contribution is 2.28. The Balaban J connectivity index is 2.42. The molecule has 2 rings (SSSR count). The van der Waals surface area contributed by atoms with Crippen LogP contribution in [0.3, 0.4) is 0 Å². The largest absolute Gasteiger partial charge is 0.497 e. The molecule has 0 saturated heterocycles. The number of hydrogen-bond acceptors (Lipinski definition) is 4. The van der Waals surface area contributed by atoms with Crippen LogP contribution in [0.5, 0.6) is 11.5 Å². The normalized spacial score (nSPS) is 11.1. The molecule has 0 bridgehead atoms. The first-order valence-corrected chi connectivity index (χ1v) is 8.65. The van der Waals surface area contributed by atoms with E-state index in [-0.39, 0.29) is 4.90 Å². The third-order valence-corrected chi connectivity index (χ3v) is 5.06. The van der Waals surface area contributed by atoms with E-state index in [0.29, 0.717) is 27.2 Å². The van der Waals surface area contributed by atoms with E-state index in [9.17, 15) is 8.42 Å². The molecule has 22 heavy (non-hydrogen) atoms. The maximum atomic E-state index is 12.6. The molecular formula is C15H16BrNO4S. The van der Waals surface area contributed by atoms with Crippen LogP contribution in [0.15, 0.2) is 45.8 Å². The van der Waals surface area contributed by atoms with Gasteiger partial charge in [0.2, 0.25) is 0 Å². The second-order valence-electron chi connectivity index (χ2n) is 4.62. The van der Waals surface area contributed by atoms with Crippen molar-refractivity contribution >= 4 is 31.6 Å². The van der Waals surface area contributed by atoms with E-state index in [2.05, 4.69) is 20.7 Å². The molecule has 0 aliphatic heterocycles. The number of sulfonamides is 1. The summed E-state index contributed by atoms with van der Waals surface area (Å²) in [5.41, 5.74) is 1.03. The molecule has 1 N–H and O–H groups in total. The van der Waals surface area contributed by atoms with Crippen molar-refractivity contribution < 1.29 is 17.9 Å². The van der Waals surface area contributed by atoms with E-state index in [0.717, 1.165) is 0 Å². The number of halogens is 1. The van der Waals surface area contributed by atoms with Crippen LogP contribution in [0.1, 0.15) is 5.56 Å². The standard InChI is InChI=1S/C15H16BrNO4S/c1-10-4-5-11(16)6-15(10)22(18,19)17-12-7-13(20-2)9-14(8-12)21-3/h4-9,17H,1-3H3. The third-order valence-electron chi connectivity index (χ3n) is 3.04. The average molecular weight is 386 g/mol. The molecule has 0 saturated carbocycles. The second-order valence-corrected chi connectivity index (χ2v) is 7.18. The molecule has 0 unspecified atom stereocenters. The van der Waals surface area contributed by atoms with Crippen LogP contribution in [0, 0.1) is 6.92 Å². The van der Waals surface area contributed by atoms with E-state index in [1.165, 1.54) is 14.2 Å². The zero-order chi connectivity index (χ0) is 16.3. The van der Waals surface area contributed by atoms with E-state index >= 15 is 0 Å². The van der Waals surface area contributed by atoms with Gasteiger partial charge in [-0.2, -0.15) is 0 Å². The maximum absolute atomic E-state index is 12.6. The summed E-state index contributed by atoms with van der Waals surface area (Å²) in [6.07, 6.45) is 0. The fourth-order valence-corrected chi connectivity index (χ4v) is 3.76. The van der Waals surface area contributed by atoms with Gasteiger partial charge in [-0.15, -0.1) is 0 Å². The van der Waals surface area contributed by atoms with Crippen molar-refractivity contribution in [3.63, 3.8) is 0 Å². The predicted molar refractivity (Wildman–Crippen MR) is 89.2 cm³/mol. The van der Waals surface area contributed by atoms with Crippen LogP contribution in [0.4, 0.5) is 5.69 Å². The van der Waals surface area contributed by atoms with Crippen molar-refractivity contribution in [2.24, 2.45) is 0 Å². The molecule has 2 aromatic carbocycles. The number of hydrogen-bond donors (Lipinski definition) is 1. The Morgan fingerprint density at radius 1 is 1.00 bits per heavy atom. The molecule has 0 aliphatic rings. The average Bonchev–Trinajstić information content (AvgIpc) is 2.48. The van der Waals surface area contributed by atoms with Crippen molar-refractivity contribution in [1.82, 2.24) is 0 Å². The summed E-state index contributed by atoms with van der Waals surface area (Å²) < 4.78 is 38.6. The molecule has 0 fully saturated rings. The summed E-state index contributed by atoms with van der Waals surface area (Å²) in [5, 5.41) is 0. The van der Waals surface area contributed by atoms with Gasteiger partial charge in [0.25, 0.3) is 10.0 Å².